The molecule has 1 aliphatic rings. The average Bonchev–Trinajstić information content (AvgIpc) is 3.27. The Labute approximate surface area is 208 Å². The smallest absolute Gasteiger partial charge is 0.390 e. The summed E-state index contributed by atoms with van der Waals surface area (Å²) in [6.45, 7) is -0.423. The third-order valence-corrected chi connectivity index (χ3v) is 8.56. The van der Waals surface area contributed by atoms with Crippen molar-refractivity contribution in [3.8, 4) is 11.8 Å². The van der Waals surface area contributed by atoms with E-state index in [2.05, 4.69) is 35.0 Å². The Morgan fingerprint density at radius 3 is 2.57 bits per heavy atom. The molecule has 206 valence electrons. The average molecular weight is 587 g/mol. The Hall–Kier alpha value is -1.93. The van der Waals surface area contributed by atoms with Crippen LogP contribution in [-0.2, 0) is 31.6 Å². The van der Waals surface area contributed by atoms with E-state index < -0.39 is 54.1 Å². The van der Waals surface area contributed by atoms with Gasteiger partial charge in [-0.15, -0.1) is 0 Å². The molecule has 5 atom stereocenters. The minimum Gasteiger partial charge on any atom is -0.390 e. The summed E-state index contributed by atoms with van der Waals surface area (Å²) in [7, 11) is -16.7. The van der Waals surface area contributed by atoms with E-state index in [1.54, 1.807) is 0 Å². The largest absolute Gasteiger partial charge is 0.490 e. The zero-order chi connectivity index (χ0) is 27.6. The van der Waals surface area contributed by atoms with E-state index in [-0.39, 0.29) is 23.4 Å². The van der Waals surface area contributed by atoms with Gasteiger partial charge in [0.15, 0.2) is 5.65 Å². The fourth-order valence-electron chi connectivity index (χ4n) is 3.34. The van der Waals surface area contributed by atoms with E-state index in [0.717, 1.165) is 0 Å². The molecule has 2 aromatic heterocycles. The Morgan fingerprint density at radius 1 is 1.22 bits per heavy atom. The molecule has 1 saturated heterocycles. The number of aliphatic hydroxyl groups excluding tert-OH is 1. The number of hydrogen-bond donors (Lipinski definition) is 8. The van der Waals surface area contributed by atoms with Crippen LogP contribution in [0.4, 0.5) is 5.95 Å². The van der Waals surface area contributed by atoms with Gasteiger partial charge in [0.1, 0.15) is 12.3 Å². The molecule has 3 heterocycles. The fourth-order valence-corrected chi connectivity index (χ4v) is 6.37. The Morgan fingerprint density at radius 2 is 1.92 bits per heavy atom. The summed E-state index contributed by atoms with van der Waals surface area (Å²) in [6.07, 6.45) is -1.08. The number of nitrogen functional groups attached to an aromatic ring is 1. The van der Waals surface area contributed by atoms with Gasteiger partial charge in [-0.1, -0.05) is 11.8 Å². The number of rotatable bonds is 10. The van der Waals surface area contributed by atoms with Crippen LogP contribution >= 0.6 is 23.5 Å². The molecule has 1 fully saturated rings. The number of nitrogens with two attached hydrogens (primary N) is 2. The molecule has 0 radical (unpaired) electrons. The Balaban J connectivity index is 1.78. The van der Waals surface area contributed by atoms with E-state index in [0.29, 0.717) is 24.9 Å². The Kier molecular flexibility index (Phi) is 9.16. The summed E-state index contributed by atoms with van der Waals surface area (Å²) in [4.78, 5) is 55.0. The number of hydrogen-bond acceptors (Lipinski definition) is 12. The predicted octanol–water partition coefficient (Wildman–Crippen LogP) is -0.611. The predicted molar refractivity (Wildman–Crippen MR) is 124 cm³/mol. The third kappa shape index (κ3) is 8.03. The van der Waals surface area contributed by atoms with Crippen molar-refractivity contribution in [3.63, 3.8) is 0 Å². The standard InChI is InChI=1S/C16H24N5O13P3/c17-5-3-1-2-4-9-7-21(14-13(9)15(23)20-16(18)19-14)12-6-10(22)11(32-12)8-31-36(27,28)34-37(29,30)33-35(24,25)26/h7,10-12,22H,1,3,5-6,8,17H2,(H,27,28)(H,29,30)(H2,24,25,26)(H3,18,19,20,23)/t10-,11+,12+/m0/s1. The zero-order valence-electron chi connectivity index (χ0n) is 18.7. The molecule has 2 aromatic rings. The van der Waals surface area contributed by atoms with Gasteiger partial charge in [-0.25, -0.2) is 13.7 Å². The highest BCUT2D eigenvalue weighted by atomic mass is 31.3. The number of aromatic nitrogens is 3. The topological polar surface area (TPSA) is 292 Å². The number of ether oxygens (including phenoxy) is 1. The quantitative estimate of drug-likeness (QED) is 0.0976. The van der Waals surface area contributed by atoms with Crippen molar-refractivity contribution < 1.29 is 56.3 Å². The summed E-state index contributed by atoms with van der Waals surface area (Å²) >= 11 is 0. The summed E-state index contributed by atoms with van der Waals surface area (Å²) in [5.41, 5.74) is 10.9. The first-order chi connectivity index (χ1) is 17.1. The number of H-pyrrole nitrogens is 1. The molecule has 0 saturated carbocycles. The van der Waals surface area contributed by atoms with Gasteiger partial charge in [0, 0.05) is 19.0 Å². The van der Waals surface area contributed by atoms with E-state index in [9.17, 15) is 33.4 Å². The molecule has 10 N–H and O–H groups in total. The van der Waals surface area contributed by atoms with E-state index in [1.807, 2.05) is 0 Å². The van der Waals surface area contributed by atoms with Crippen LogP contribution in [0.3, 0.4) is 0 Å². The normalized spacial score (nSPS) is 23.4. The Bertz CT molecular complexity index is 1410. The molecule has 1 aliphatic heterocycles. The highest BCUT2D eigenvalue weighted by Crippen LogP contribution is 2.66. The van der Waals surface area contributed by atoms with Gasteiger partial charge in [0.05, 0.1) is 23.7 Å². The number of nitrogens with one attached hydrogen (secondary N) is 1. The van der Waals surface area contributed by atoms with Gasteiger partial charge in [0.2, 0.25) is 5.95 Å². The van der Waals surface area contributed by atoms with E-state index in [4.69, 9.17) is 26.0 Å². The lowest BCUT2D eigenvalue weighted by atomic mass is 10.2. The third-order valence-electron chi connectivity index (χ3n) is 4.76. The fraction of sp³-hybridized carbons (Fsp3) is 0.500. The van der Waals surface area contributed by atoms with Crippen LogP contribution < -0.4 is 17.0 Å². The summed E-state index contributed by atoms with van der Waals surface area (Å²) in [5, 5.41) is 10.5. The molecule has 2 unspecified atom stereocenters. The summed E-state index contributed by atoms with van der Waals surface area (Å²) < 4.78 is 53.0. The highest BCUT2D eigenvalue weighted by molar-refractivity contribution is 7.66. The van der Waals surface area contributed by atoms with Crippen LogP contribution in [0.15, 0.2) is 11.0 Å². The molecule has 0 spiro atoms. The first-order valence-corrected chi connectivity index (χ1v) is 14.8. The molecule has 0 bridgehead atoms. The molecular weight excluding hydrogens is 563 g/mol. The van der Waals surface area contributed by atoms with Crippen molar-refractivity contribution in [2.75, 3.05) is 18.9 Å². The minimum absolute atomic E-state index is 0.0927. The van der Waals surface area contributed by atoms with Gasteiger partial charge >= 0.3 is 23.5 Å². The second-order valence-electron chi connectivity index (χ2n) is 7.61. The molecule has 0 aromatic carbocycles. The van der Waals surface area contributed by atoms with Crippen molar-refractivity contribution in [2.24, 2.45) is 5.73 Å². The highest BCUT2D eigenvalue weighted by Gasteiger charge is 2.43. The van der Waals surface area contributed by atoms with Crippen molar-refractivity contribution in [1.82, 2.24) is 14.5 Å². The summed E-state index contributed by atoms with van der Waals surface area (Å²) in [6, 6.07) is 0. The van der Waals surface area contributed by atoms with Crippen LogP contribution in [0.5, 0.6) is 0 Å². The van der Waals surface area contributed by atoms with Crippen molar-refractivity contribution >= 4 is 40.4 Å². The zero-order valence-corrected chi connectivity index (χ0v) is 21.4. The number of aromatic amines is 1. The first-order valence-electron chi connectivity index (χ1n) is 10.3. The van der Waals surface area contributed by atoms with Gasteiger partial charge in [-0.3, -0.25) is 14.3 Å². The van der Waals surface area contributed by atoms with Crippen molar-refractivity contribution in [1.29, 1.82) is 0 Å². The monoisotopic (exact) mass is 587 g/mol. The second kappa shape index (κ2) is 11.4. The molecule has 18 nitrogen and oxygen atoms in total. The number of phosphoric ester groups is 1. The van der Waals surface area contributed by atoms with Crippen LogP contribution in [0.1, 0.15) is 31.1 Å². The van der Waals surface area contributed by atoms with Crippen LogP contribution in [-0.4, -0.2) is 64.6 Å². The van der Waals surface area contributed by atoms with Gasteiger partial charge in [-0.2, -0.15) is 13.6 Å². The van der Waals surface area contributed by atoms with Gasteiger partial charge in [0.25, 0.3) is 5.56 Å². The van der Waals surface area contributed by atoms with Crippen LogP contribution in [0.25, 0.3) is 11.0 Å². The lowest BCUT2D eigenvalue weighted by molar-refractivity contribution is -0.0421. The molecule has 21 heteroatoms. The minimum atomic E-state index is -5.70. The molecule has 0 amide bonds. The SMILES string of the molecule is NCCCC#Cc1cn([C@H]2C[C@H](O)[C@@H](COP(=O)(O)OP(=O)(O)OP(=O)(O)O)O2)c2nc(N)[nH]c(=O)c12. The maximum atomic E-state index is 12.5. The second-order valence-corrected chi connectivity index (χ2v) is 12.0. The first kappa shape index (κ1) is 29.6. The lowest BCUT2D eigenvalue weighted by Gasteiger charge is -2.19. The number of anilines is 1. The molecule has 37 heavy (non-hydrogen) atoms. The molecule has 3 rings (SSSR count). The van der Waals surface area contributed by atoms with Crippen LogP contribution in [0, 0.1) is 11.8 Å². The molecular formula is C16H24N5O13P3. The number of aliphatic hydroxyl groups is 1. The van der Waals surface area contributed by atoms with Gasteiger partial charge < -0.3 is 45.5 Å². The molecule has 0 aliphatic carbocycles. The van der Waals surface area contributed by atoms with Crippen LogP contribution in [0.2, 0.25) is 0 Å². The number of fused-ring (bicyclic) bond motifs is 1. The lowest BCUT2D eigenvalue weighted by Crippen LogP contribution is -2.26. The van der Waals surface area contributed by atoms with E-state index >= 15 is 0 Å². The number of phosphoric acid groups is 3. The summed E-state index contributed by atoms with van der Waals surface area (Å²) in [5.74, 6) is 5.55. The maximum Gasteiger partial charge on any atom is 0.490 e. The van der Waals surface area contributed by atoms with Crippen molar-refractivity contribution in [2.45, 2.75) is 37.7 Å². The maximum absolute atomic E-state index is 12.5. The van der Waals surface area contributed by atoms with Crippen molar-refractivity contribution in [3.05, 3.63) is 22.1 Å². The van der Waals surface area contributed by atoms with E-state index in [1.165, 1.54) is 10.8 Å². The number of unbranched alkanes of at least 4 members (excludes halogenated alkanes) is 1. The van der Waals surface area contributed by atoms with Gasteiger partial charge in [-0.05, 0) is 13.0 Å². The number of nitrogens with zero attached hydrogens (tertiary/aromatic N) is 2.